The number of rotatable bonds is 2. The predicted molar refractivity (Wildman–Crippen MR) is 65.5 cm³/mol. The van der Waals surface area contributed by atoms with Crippen LogP contribution in [0.2, 0.25) is 0 Å². The molecule has 15 heavy (non-hydrogen) atoms. The molecule has 1 aromatic rings. The van der Waals surface area contributed by atoms with Gasteiger partial charge in [0.25, 0.3) is 0 Å². The summed E-state index contributed by atoms with van der Waals surface area (Å²) in [6.07, 6.45) is 2.43. The summed E-state index contributed by atoms with van der Waals surface area (Å²) in [4.78, 5) is 0. The van der Waals surface area contributed by atoms with E-state index in [2.05, 4.69) is 33.4 Å². The van der Waals surface area contributed by atoms with Gasteiger partial charge in [0.1, 0.15) is 5.75 Å². The lowest BCUT2D eigenvalue weighted by Gasteiger charge is -2.24. The first-order valence-corrected chi connectivity index (χ1v) is 6.15. The van der Waals surface area contributed by atoms with Crippen LogP contribution in [0.3, 0.4) is 0 Å². The summed E-state index contributed by atoms with van der Waals surface area (Å²) in [7, 11) is 1.71. The van der Waals surface area contributed by atoms with Crippen LogP contribution in [0.1, 0.15) is 24.3 Å². The van der Waals surface area contributed by atoms with Crippen molar-refractivity contribution in [2.45, 2.75) is 18.8 Å². The van der Waals surface area contributed by atoms with Gasteiger partial charge in [-0.1, -0.05) is 12.1 Å². The van der Waals surface area contributed by atoms with E-state index in [9.17, 15) is 0 Å². The molecule has 1 fully saturated rings. The van der Waals surface area contributed by atoms with Crippen LogP contribution in [0.5, 0.6) is 5.75 Å². The maximum atomic E-state index is 5.31. The molecule has 0 spiro atoms. The summed E-state index contributed by atoms with van der Waals surface area (Å²) in [6, 6.07) is 6.26. The fraction of sp³-hybridized carbons (Fsp3) is 0.500. The number of hydrogen-bond donors (Lipinski definition) is 1. The zero-order valence-electron chi connectivity index (χ0n) is 8.92. The zero-order chi connectivity index (χ0) is 10.7. The SMILES string of the molecule is COc1cccc(C2CCNCC2)c1Br. The first kappa shape index (κ1) is 11.0. The minimum Gasteiger partial charge on any atom is -0.496 e. The van der Waals surface area contributed by atoms with Crippen LogP contribution in [0, 0.1) is 0 Å². The summed E-state index contributed by atoms with van der Waals surface area (Å²) >= 11 is 3.63. The second-order valence-corrected chi connectivity index (χ2v) is 4.68. The Morgan fingerprint density at radius 3 is 2.73 bits per heavy atom. The van der Waals surface area contributed by atoms with Crippen molar-refractivity contribution in [3.8, 4) is 5.75 Å². The molecule has 3 heteroatoms. The maximum absolute atomic E-state index is 5.31. The molecule has 0 aromatic heterocycles. The van der Waals surface area contributed by atoms with Gasteiger partial charge in [0.05, 0.1) is 11.6 Å². The van der Waals surface area contributed by atoms with Crippen molar-refractivity contribution < 1.29 is 4.74 Å². The van der Waals surface area contributed by atoms with E-state index in [1.165, 1.54) is 18.4 Å². The van der Waals surface area contributed by atoms with Crippen LogP contribution in [0.15, 0.2) is 22.7 Å². The Morgan fingerprint density at radius 2 is 2.07 bits per heavy atom. The van der Waals surface area contributed by atoms with Crippen molar-refractivity contribution in [1.82, 2.24) is 5.32 Å². The fourth-order valence-electron chi connectivity index (χ4n) is 2.13. The van der Waals surface area contributed by atoms with E-state index in [-0.39, 0.29) is 0 Å². The van der Waals surface area contributed by atoms with Gasteiger partial charge in [-0.25, -0.2) is 0 Å². The predicted octanol–water partition coefficient (Wildman–Crippen LogP) is 2.92. The lowest BCUT2D eigenvalue weighted by molar-refractivity contribution is 0.408. The summed E-state index contributed by atoms with van der Waals surface area (Å²) in [5, 5.41) is 3.39. The molecule has 0 radical (unpaired) electrons. The van der Waals surface area contributed by atoms with E-state index in [1.54, 1.807) is 7.11 Å². The highest BCUT2D eigenvalue weighted by molar-refractivity contribution is 9.10. The molecule has 1 saturated heterocycles. The molecule has 0 aliphatic carbocycles. The number of nitrogens with one attached hydrogen (secondary N) is 1. The van der Waals surface area contributed by atoms with Crippen LogP contribution in [0.25, 0.3) is 0 Å². The molecule has 1 aliphatic rings. The van der Waals surface area contributed by atoms with Gasteiger partial charge in [-0.05, 0) is 59.4 Å². The minimum atomic E-state index is 0.663. The quantitative estimate of drug-likeness (QED) is 0.892. The zero-order valence-corrected chi connectivity index (χ0v) is 10.5. The minimum absolute atomic E-state index is 0.663. The number of benzene rings is 1. The van der Waals surface area contributed by atoms with Gasteiger partial charge in [-0.3, -0.25) is 0 Å². The molecule has 82 valence electrons. The number of hydrogen-bond acceptors (Lipinski definition) is 2. The average Bonchev–Trinajstić information content (AvgIpc) is 2.30. The highest BCUT2D eigenvalue weighted by Crippen LogP contribution is 2.36. The molecule has 2 rings (SSSR count). The number of methoxy groups -OCH3 is 1. The van der Waals surface area contributed by atoms with Crippen LogP contribution >= 0.6 is 15.9 Å². The number of ether oxygens (including phenoxy) is 1. The third-order valence-electron chi connectivity index (χ3n) is 2.99. The Hall–Kier alpha value is -0.540. The third kappa shape index (κ3) is 2.34. The van der Waals surface area contributed by atoms with Gasteiger partial charge in [0.15, 0.2) is 0 Å². The topological polar surface area (TPSA) is 21.3 Å². The highest BCUT2D eigenvalue weighted by Gasteiger charge is 2.18. The Kier molecular flexibility index (Phi) is 3.65. The van der Waals surface area contributed by atoms with Gasteiger partial charge in [-0.2, -0.15) is 0 Å². The summed E-state index contributed by atoms with van der Waals surface area (Å²) in [5.41, 5.74) is 1.39. The molecule has 2 nitrogen and oxygen atoms in total. The van der Waals surface area contributed by atoms with Crippen molar-refractivity contribution in [2.75, 3.05) is 20.2 Å². The molecular weight excluding hydrogens is 254 g/mol. The van der Waals surface area contributed by atoms with Crippen molar-refractivity contribution >= 4 is 15.9 Å². The summed E-state index contributed by atoms with van der Waals surface area (Å²) in [5.74, 6) is 1.60. The van der Waals surface area contributed by atoms with Crippen LogP contribution in [0.4, 0.5) is 0 Å². The van der Waals surface area contributed by atoms with Crippen molar-refractivity contribution in [1.29, 1.82) is 0 Å². The molecule has 0 bridgehead atoms. The Morgan fingerprint density at radius 1 is 1.33 bits per heavy atom. The lowest BCUT2D eigenvalue weighted by Crippen LogP contribution is -2.26. The molecule has 1 heterocycles. The normalized spacial score (nSPS) is 17.7. The largest absolute Gasteiger partial charge is 0.496 e. The van der Waals surface area contributed by atoms with Crippen molar-refractivity contribution in [2.24, 2.45) is 0 Å². The van der Waals surface area contributed by atoms with E-state index in [0.29, 0.717) is 5.92 Å². The first-order chi connectivity index (χ1) is 7.33. The van der Waals surface area contributed by atoms with Crippen LogP contribution < -0.4 is 10.1 Å². The number of piperidine rings is 1. The Balaban J connectivity index is 2.26. The molecule has 0 atom stereocenters. The summed E-state index contributed by atoms with van der Waals surface area (Å²) in [6.45, 7) is 2.24. The smallest absolute Gasteiger partial charge is 0.133 e. The van der Waals surface area contributed by atoms with Crippen molar-refractivity contribution in [3.63, 3.8) is 0 Å². The summed E-state index contributed by atoms with van der Waals surface area (Å²) < 4.78 is 6.44. The van der Waals surface area contributed by atoms with E-state index < -0.39 is 0 Å². The van der Waals surface area contributed by atoms with Crippen molar-refractivity contribution in [3.05, 3.63) is 28.2 Å². The van der Waals surface area contributed by atoms with Gasteiger partial charge in [-0.15, -0.1) is 0 Å². The van der Waals surface area contributed by atoms with Gasteiger partial charge < -0.3 is 10.1 Å². The third-order valence-corrected chi connectivity index (χ3v) is 3.84. The molecular formula is C12H16BrNO. The molecule has 1 aromatic carbocycles. The van der Waals surface area contributed by atoms with E-state index in [1.807, 2.05) is 6.07 Å². The monoisotopic (exact) mass is 269 g/mol. The maximum Gasteiger partial charge on any atom is 0.133 e. The molecule has 1 aliphatic heterocycles. The Bertz CT molecular complexity index is 334. The van der Waals surface area contributed by atoms with E-state index >= 15 is 0 Å². The standard InChI is InChI=1S/C12H16BrNO/c1-15-11-4-2-3-10(12(11)13)9-5-7-14-8-6-9/h2-4,9,14H,5-8H2,1H3. The molecule has 0 amide bonds. The Labute approximate surface area is 99.1 Å². The lowest BCUT2D eigenvalue weighted by atomic mass is 9.90. The molecule has 0 unspecified atom stereocenters. The van der Waals surface area contributed by atoms with Crippen LogP contribution in [-0.4, -0.2) is 20.2 Å². The highest BCUT2D eigenvalue weighted by atomic mass is 79.9. The second-order valence-electron chi connectivity index (χ2n) is 3.89. The van der Waals surface area contributed by atoms with Crippen LogP contribution in [-0.2, 0) is 0 Å². The van der Waals surface area contributed by atoms with E-state index in [4.69, 9.17) is 4.74 Å². The second kappa shape index (κ2) is 4.99. The molecule has 1 N–H and O–H groups in total. The number of halogens is 1. The fourth-order valence-corrected chi connectivity index (χ4v) is 2.88. The average molecular weight is 270 g/mol. The first-order valence-electron chi connectivity index (χ1n) is 5.36. The van der Waals surface area contributed by atoms with E-state index in [0.717, 1.165) is 23.3 Å². The van der Waals surface area contributed by atoms with Gasteiger partial charge >= 0.3 is 0 Å². The molecule has 0 saturated carbocycles. The van der Waals surface area contributed by atoms with Gasteiger partial charge in [0, 0.05) is 0 Å². The van der Waals surface area contributed by atoms with Gasteiger partial charge in [0.2, 0.25) is 0 Å².